The highest BCUT2D eigenvalue weighted by Gasteiger charge is 2.25. The van der Waals surface area contributed by atoms with Crippen LogP contribution < -0.4 is 10.1 Å². The number of aromatic nitrogens is 4. The van der Waals surface area contributed by atoms with Gasteiger partial charge in [-0.15, -0.1) is 0 Å². The minimum absolute atomic E-state index is 0.0199. The van der Waals surface area contributed by atoms with Crippen LogP contribution in [0.5, 0.6) is 11.8 Å². The summed E-state index contributed by atoms with van der Waals surface area (Å²) in [6, 6.07) is 9.71. The molecule has 8 heteroatoms. The largest absolute Gasteiger partial charge is 0.424 e. The zero-order valence-electron chi connectivity index (χ0n) is 15.6. The normalized spacial score (nSPS) is 14.7. The summed E-state index contributed by atoms with van der Waals surface area (Å²) in [5.41, 5.74) is 1.72. The Labute approximate surface area is 163 Å². The third-order valence-electron chi connectivity index (χ3n) is 4.87. The molecule has 0 atom stereocenters. The Kier molecular flexibility index (Phi) is 5.18. The third-order valence-corrected chi connectivity index (χ3v) is 4.87. The molecule has 1 saturated heterocycles. The van der Waals surface area contributed by atoms with Crippen LogP contribution in [0.3, 0.4) is 0 Å². The molecular formula is C20H22N6O2. The minimum atomic E-state index is -0.0199. The zero-order valence-corrected chi connectivity index (χ0v) is 15.6. The van der Waals surface area contributed by atoms with Gasteiger partial charge < -0.3 is 19.9 Å². The van der Waals surface area contributed by atoms with Crippen molar-refractivity contribution in [2.45, 2.75) is 18.8 Å². The van der Waals surface area contributed by atoms with Gasteiger partial charge in [0.05, 0.1) is 11.9 Å². The summed E-state index contributed by atoms with van der Waals surface area (Å²) >= 11 is 0. The van der Waals surface area contributed by atoms with E-state index < -0.39 is 0 Å². The Morgan fingerprint density at radius 1 is 1.11 bits per heavy atom. The maximum Gasteiger partial charge on any atom is 0.321 e. The molecule has 144 valence electrons. The van der Waals surface area contributed by atoms with E-state index in [1.54, 1.807) is 25.6 Å². The van der Waals surface area contributed by atoms with E-state index in [1.807, 2.05) is 35.2 Å². The second-order valence-corrected chi connectivity index (χ2v) is 6.67. The van der Waals surface area contributed by atoms with Gasteiger partial charge in [0.2, 0.25) is 0 Å². The van der Waals surface area contributed by atoms with E-state index in [9.17, 15) is 4.79 Å². The Morgan fingerprint density at radius 2 is 1.82 bits per heavy atom. The molecule has 0 spiro atoms. The Morgan fingerprint density at radius 3 is 2.50 bits per heavy atom. The molecule has 3 heterocycles. The van der Waals surface area contributed by atoms with Crippen molar-refractivity contribution >= 4 is 6.03 Å². The van der Waals surface area contributed by atoms with Gasteiger partial charge in [-0.1, -0.05) is 18.2 Å². The summed E-state index contributed by atoms with van der Waals surface area (Å²) in [7, 11) is 1.66. The fourth-order valence-corrected chi connectivity index (χ4v) is 3.31. The van der Waals surface area contributed by atoms with Gasteiger partial charge in [0.15, 0.2) is 0 Å². The molecule has 4 rings (SSSR count). The topological polar surface area (TPSA) is 96.0 Å². The second-order valence-electron chi connectivity index (χ2n) is 6.67. The number of H-pyrrole nitrogens is 1. The number of aromatic amines is 1. The summed E-state index contributed by atoms with van der Waals surface area (Å²) < 4.78 is 5.62. The summed E-state index contributed by atoms with van der Waals surface area (Å²) in [4.78, 5) is 30.0. The summed E-state index contributed by atoms with van der Waals surface area (Å²) in [5.74, 6) is 1.95. The predicted molar refractivity (Wildman–Crippen MR) is 104 cm³/mol. The van der Waals surface area contributed by atoms with Crippen LogP contribution in [0.2, 0.25) is 0 Å². The number of likely N-dealkylation sites (tertiary alicyclic amines) is 1. The number of rotatable bonds is 4. The molecular weight excluding hydrogens is 356 g/mol. The molecule has 8 nitrogen and oxygen atoms in total. The van der Waals surface area contributed by atoms with Gasteiger partial charge in [-0.2, -0.15) is 0 Å². The second kappa shape index (κ2) is 8.08. The van der Waals surface area contributed by atoms with Crippen LogP contribution in [0.4, 0.5) is 4.79 Å². The van der Waals surface area contributed by atoms with Crippen molar-refractivity contribution in [3.63, 3.8) is 0 Å². The van der Waals surface area contributed by atoms with Crippen molar-refractivity contribution in [2.75, 3.05) is 20.1 Å². The van der Waals surface area contributed by atoms with Gasteiger partial charge in [-0.05, 0) is 25.0 Å². The van der Waals surface area contributed by atoms with Crippen molar-refractivity contribution in [1.82, 2.24) is 30.2 Å². The van der Waals surface area contributed by atoms with Crippen LogP contribution in [-0.2, 0) is 0 Å². The van der Waals surface area contributed by atoms with Gasteiger partial charge in [-0.3, -0.25) is 0 Å². The van der Waals surface area contributed by atoms with E-state index in [0.717, 1.165) is 43.0 Å². The van der Waals surface area contributed by atoms with Crippen molar-refractivity contribution in [2.24, 2.45) is 0 Å². The molecule has 1 fully saturated rings. The Hall–Kier alpha value is -3.42. The highest BCUT2D eigenvalue weighted by molar-refractivity contribution is 5.73. The Balaban J connectivity index is 1.40. The van der Waals surface area contributed by atoms with Gasteiger partial charge in [0.25, 0.3) is 0 Å². The highest BCUT2D eigenvalue weighted by atomic mass is 16.5. The van der Waals surface area contributed by atoms with Crippen molar-refractivity contribution < 1.29 is 9.53 Å². The zero-order chi connectivity index (χ0) is 19.3. The first-order valence-electron chi connectivity index (χ1n) is 9.30. The predicted octanol–water partition coefficient (Wildman–Crippen LogP) is 3.18. The number of amides is 2. The summed E-state index contributed by atoms with van der Waals surface area (Å²) in [5, 5.41) is 2.67. The standard InChI is InChI=1S/C20H22N6O2/c1-21-20(27)26-9-7-14(8-10-26)18-22-13-17(25-18)15-11-23-19(24-12-15)28-16-5-3-2-4-6-16/h2-6,11-14H,7-10H2,1H3,(H,21,27)(H,22,25). The molecule has 3 aromatic rings. The fraction of sp³-hybridized carbons (Fsp3) is 0.300. The van der Waals surface area contributed by atoms with Crippen LogP contribution in [0.15, 0.2) is 48.9 Å². The minimum Gasteiger partial charge on any atom is -0.424 e. The average molecular weight is 378 g/mol. The summed E-state index contributed by atoms with van der Waals surface area (Å²) in [6.45, 7) is 1.46. The number of urea groups is 1. The molecule has 2 N–H and O–H groups in total. The first kappa shape index (κ1) is 18.0. The molecule has 28 heavy (non-hydrogen) atoms. The first-order valence-corrected chi connectivity index (χ1v) is 9.30. The van der Waals surface area contributed by atoms with E-state index >= 15 is 0 Å². The average Bonchev–Trinajstić information content (AvgIpc) is 3.25. The van der Waals surface area contributed by atoms with Crippen LogP contribution in [0, 0.1) is 0 Å². The molecule has 0 bridgehead atoms. The lowest BCUT2D eigenvalue weighted by atomic mass is 9.96. The number of piperidine rings is 1. The maximum absolute atomic E-state index is 11.7. The first-order chi connectivity index (χ1) is 13.7. The number of para-hydroxylation sites is 1. The molecule has 1 aliphatic heterocycles. The van der Waals surface area contributed by atoms with Crippen LogP contribution in [-0.4, -0.2) is 51.0 Å². The van der Waals surface area contributed by atoms with Gasteiger partial charge in [0, 0.05) is 44.0 Å². The number of carbonyl (C=O) groups excluding carboxylic acids is 1. The van der Waals surface area contributed by atoms with Gasteiger partial charge in [0.1, 0.15) is 11.6 Å². The van der Waals surface area contributed by atoms with E-state index in [0.29, 0.717) is 17.7 Å². The number of nitrogens with zero attached hydrogens (tertiary/aromatic N) is 4. The van der Waals surface area contributed by atoms with Crippen LogP contribution in [0.25, 0.3) is 11.3 Å². The van der Waals surface area contributed by atoms with Crippen molar-refractivity contribution in [3.05, 3.63) is 54.7 Å². The lowest BCUT2D eigenvalue weighted by Gasteiger charge is -2.30. The Bertz CT molecular complexity index is 917. The quantitative estimate of drug-likeness (QED) is 0.727. The number of carbonyl (C=O) groups is 1. The molecule has 2 aromatic heterocycles. The monoisotopic (exact) mass is 378 g/mol. The number of hydrogen-bond acceptors (Lipinski definition) is 5. The van der Waals surface area contributed by atoms with Gasteiger partial charge >= 0.3 is 12.0 Å². The number of hydrogen-bond donors (Lipinski definition) is 2. The lowest BCUT2D eigenvalue weighted by molar-refractivity contribution is 0.182. The number of benzene rings is 1. The third kappa shape index (κ3) is 3.95. The van der Waals surface area contributed by atoms with Crippen molar-refractivity contribution in [3.8, 4) is 23.0 Å². The number of ether oxygens (including phenoxy) is 1. The fourth-order valence-electron chi connectivity index (χ4n) is 3.31. The van der Waals surface area contributed by atoms with E-state index in [-0.39, 0.29) is 6.03 Å². The number of imidazole rings is 1. The lowest BCUT2D eigenvalue weighted by Crippen LogP contribution is -2.42. The van der Waals surface area contributed by atoms with Crippen LogP contribution >= 0.6 is 0 Å². The van der Waals surface area contributed by atoms with E-state index in [1.165, 1.54) is 0 Å². The van der Waals surface area contributed by atoms with Crippen LogP contribution in [0.1, 0.15) is 24.6 Å². The molecule has 1 aromatic carbocycles. The smallest absolute Gasteiger partial charge is 0.321 e. The molecule has 2 amide bonds. The molecule has 0 aliphatic carbocycles. The number of nitrogens with one attached hydrogen (secondary N) is 2. The van der Waals surface area contributed by atoms with Gasteiger partial charge in [-0.25, -0.2) is 19.7 Å². The summed E-state index contributed by atoms with van der Waals surface area (Å²) in [6.07, 6.45) is 7.02. The SMILES string of the molecule is CNC(=O)N1CCC(c2ncc(-c3cnc(Oc4ccccc4)nc3)[nH]2)CC1. The highest BCUT2D eigenvalue weighted by Crippen LogP contribution is 2.28. The molecule has 0 saturated carbocycles. The molecule has 0 radical (unpaired) electrons. The van der Waals surface area contributed by atoms with E-state index in [4.69, 9.17) is 4.74 Å². The molecule has 0 unspecified atom stereocenters. The molecule has 1 aliphatic rings. The van der Waals surface area contributed by atoms with E-state index in [2.05, 4.69) is 25.3 Å². The maximum atomic E-state index is 11.7. The van der Waals surface area contributed by atoms with Crippen molar-refractivity contribution in [1.29, 1.82) is 0 Å².